The van der Waals surface area contributed by atoms with Gasteiger partial charge in [0.25, 0.3) is 10.0 Å². The van der Waals surface area contributed by atoms with E-state index >= 15 is 0 Å². The third kappa shape index (κ3) is 3.42. The Morgan fingerprint density at radius 2 is 1.88 bits per heavy atom. The lowest BCUT2D eigenvalue weighted by Gasteiger charge is -2.12. The molecule has 1 rings (SSSR count). The number of hydrogen-bond acceptors (Lipinski definition) is 3. The fraction of sp³-hybridized carbons (Fsp3) is 0.333. The van der Waals surface area contributed by atoms with Gasteiger partial charge in [0.15, 0.2) is 0 Å². The zero-order valence-electron chi connectivity index (χ0n) is 8.78. The summed E-state index contributed by atoms with van der Waals surface area (Å²) in [6.07, 6.45) is -4.74. The van der Waals surface area contributed by atoms with Crippen LogP contribution in [0, 0.1) is 0 Å². The van der Waals surface area contributed by atoms with Crippen LogP contribution in [0.25, 0.3) is 0 Å². The summed E-state index contributed by atoms with van der Waals surface area (Å²) in [5, 5.41) is 0. The third-order valence-corrected chi connectivity index (χ3v) is 3.07. The normalized spacial score (nSPS) is 12.7. The molecule has 0 fully saturated rings. The number of halogens is 3. The topological polar surface area (TPSA) is 55.4 Å². The summed E-state index contributed by atoms with van der Waals surface area (Å²) in [7, 11) is -4.33. The summed E-state index contributed by atoms with van der Waals surface area (Å²) in [5.74, 6) is 0. The molecular weight excluding hydrogens is 259 g/mol. The Bertz CT molecular complexity index is 485. The van der Waals surface area contributed by atoms with Crippen LogP contribution >= 0.6 is 0 Å². The quantitative estimate of drug-likeness (QED) is 0.850. The molecular formula is C9H10F3NO3S. The average molecular weight is 269 g/mol. The number of benzene rings is 1. The number of nitrogens with one attached hydrogen (secondary N) is 1. The molecule has 0 aliphatic carbocycles. The van der Waals surface area contributed by atoms with Crippen LogP contribution in [0.3, 0.4) is 0 Å². The van der Waals surface area contributed by atoms with E-state index in [1.807, 2.05) is 0 Å². The lowest BCUT2D eigenvalue weighted by Crippen LogP contribution is -2.26. The number of alkyl halides is 3. The largest absolute Gasteiger partial charge is 0.417 e. The molecule has 0 aliphatic rings. The van der Waals surface area contributed by atoms with E-state index in [9.17, 15) is 21.6 Å². The van der Waals surface area contributed by atoms with Gasteiger partial charge in [-0.15, -0.1) is 0 Å². The molecule has 1 aromatic carbocycles. The van der Waals surface area contributed by atoms with Crippen molar-refractivity contribution < 1.29 is 26.4 Å². The molecule has 96 valence electrons. The van der Waals surface area contributed by atoms with E-state index in [4.69, 9.17) is 0 Å². The lowest BCUT2D eigenvalue weighted by atomic mass is 10.2. The maximum Gasteiger partial charge on any atom is 0.417 e. The molecule has 17 heavy (non-hydrogen) atoms. The minimum absolute atomic E-state index is 0.00736. The molecule has 0 aliphatic heterocycles. The van der Waals surface area contributed by atoms with Gasteiger partial charge in [-0.3, -0.25) is 4.84 Å². The molecule has 8 heteroatoms. The van der Waals surface area contributed by atoms with E-state index in [0.717, 1.165) is 12.1 Å². The van der Waals surface area contributed by atoms with Crippen molar-refractivity contribution >= 4 is 10.0 Å². The molecule has 1 N–H and O–H groups in total. The van der Waals surface area contributed by atoms with Crippen LogP contribution < -0.4 is 4.89 Å². The molecule has 0 aromatic heterocycles. The predicted molar refractivity (Wildman–Crippen MR) is 53.4 cm³/mol. The fourth-order valence-corrected chi connectivity index (χ4v) is 2.21. The van der Waals surface area contributed by atoms with Gasteiger partial charge in [0.2, 0.25) is 0 Å². The second kappa shape index (κ2) is 5.03. The number of rotatable bonds is 4. The van der Waals surface area contributed by atoms with Gasteiger partial charge in [-0.05, 0) is 19.1 Å². The first-order valence-electron chi connectivity index (χ1n) is 4.59. The maximum absolute atomic E-state index is 12.6. The molecule has 0 spiro atoms. The highest BCUT2D eigenvalue weighted by molar-refractivity contribution is 7.89. The smallest absolute Gasteiger partial charge is 0.287 e. The highest BCUT2D eigenvalue weighted by Crippen LogP contribution is 2.33. The zero-order chi connectivity index (χ0) is 13.1. The van der Waals surface area contributed by atoms with Crippen LogP contribution in [0.1, 0.15) is 12.5 Å². The van der Waals surface area contributed by atoms with E-state index in [-0.39, 0.29) is 6.61 Å². The van der Waals surface area contributed by atoms with Gasteiger partial charge in [-0.2, -0.15) is 13.2 Å². The highest BCUT2D eigenvalue weighted by Gasteiger charge is 2.36. The molecule has 4 nitrogen and oxygen atoms in total. The second-order valence-electron chi connectivity index (χ2n) is 3.01. The second-order valence-corrected chi connectivity index (χ2v) is 4.63. The Morgan fingerprint density at radius 1 is 1.29 bits per heavy atom. The van der Waals surface area contributed by atoms with Crippen molar-refractivity contribution in [3.63, 3.8) is 0 Å². The number of sulfonamides is 1. The van der Waals surface area contributed by atoms with E-state index in [1.54, 1.807) is 4.89 Å². The third-order valence-electron chi connectivity index (χ3n) is 1.79. The molecule has 0 heterocycles. The average Bonchev–Trinajstić information content (AvgIpc) is 2.25. The van der Waals surface area contributed by atoms with E-state index in [0.29, 0.717) is 6.07 Å². The van der Waals surface area contributed by atoms with Gasteiger partial charge in [-0.25, -0.2) is 8.42 Å². The van der Waals surface area contributed by atoms with Gasteiger partial charge in [-0.1, -0.05) is 17.0 Å². The van der Waals surface area contributed by atoms with Gasteiger partial charge < -0.3 is 0 Å². The summed E-state index contributed by atoms with van der Waals surface area (Å²) in [6, 6.07) is 3.88. The minimum Gasteiger partial charge on any atom is -0.287 e. The Hall–Kier alpha value is -1.12. The lowest BCUT2D eigenvalue weighted by molar-refractivity contribution is -0.139. The van der Waals surface area contributed by atoms with Crippen molar-refractivity contribution in [2.75, 3.05) is 6.61 Å². The summed E-state index contributed by atoms with van der Waals surface area (Å²) in [5.41, 5.74) is -1.23. The van der Waals surface area contributed by atoms with Crippen molar-refractivity contribution in [3.05, 3.63) is 29.8 Å². The van der Waals surface area contributed by atoms with Crippen molar-refractivity contribution in [1.82, 2.24) is 4.89 Å². The van der Waals surface area contributed by atoms with Crippen LogP contribution in [0.15, 0.2) is 29.2 Å². The SMILES string of the molecule is CCONS(=O)(=O)c1ccccc1C(F)(F)F. The first kappa shape index (κ1) is 13.9. The zero-order valence-corrected chi connectivity index (χ0v) is 9.60. The minimum atomic E-state index is -4.74. The first-order chi connectivity index (χ1) is 7.79. The van der Waals surface area contributed by atoms with Gasteiger partial charge in [0.1, 0.15) is 0 Å². The Labute approximate surface area is 96.4 Å². The Balaban J connectivity index is 3.23. The van der Waals surface area contributed by atoms with Crippen LogP contribution in [0.2, 0.25) is 0 Å². The highest BCUT2D eigenvalue weighted by atomic mass is 32.2. The van der Waals surface area contributed by atoms with Gasteiger partial charge in [0, 0.05) is 0 Å². The van der Waals surface area contributed by atoms with E-state index in [2.05, 4.69) is 4.84 Å². The predicted octanol–water partition coefficient (Wildman–Crippen LogP) is 1.94. The summed E-state index contributed by atoms with van der Waals surface area (Å²) in [6.45, 7) is 1.51. The van der Waals surface area contributed by atoms with Crippen molar-refractivity contribution in [2.24, 2.45) is 0 Å². The van der Waals surface area contributed by atoms with Gasteiger partial charge >= 0.3 is 6.18 Å². The van der Waals surface area contributed by atoms with Crippen LogP contribution in [-0.2, 0) is 21.0 Å². The monoisotopic (exact) mass is 269 g/mol. The van der Waals surface area contributed by atoms with Crippen molar-refractivity contribution in [3.8, 4) is 0 Å². The summed E-state index contributed by atoms with van der Waals surface area (Å²) < 4.78 is 60.7. The Kier molecular flexibility index (Phi) is 4.12. The van der Waals surface area contributed by atoms with Gasteiger partial charge in [0.05, 0.1) is 17.1 Å². The standard InChI is InChI=1S/C9H10F3NO3S/c1-2-16-13-17(14,15)8-6-4-3-5-7(8)9(10,11)12/h3-6,13H,2H2,1H3. The molecule has 0 radical (unpaired) electrons. The summed E-state index contributed by atoms with van der Waals surface area (Å²) in [4.78, 5) is 5.16. The van der Waals surface area contributed by atoms with E-state index < -0.39 is 26.7 Å². The van der Waals surface area contributed by atoms with Crippen LogP contribution in [-0.4, -0.2) is 15.0 Å². The molecule has 0 bridgehead atoms. The molecule has 0 unspecified atom stereocenters. The van der Waals surface area contributed by atoms with Crippen molar-refractivity contribution in [1.29, 1.82) is 0 Å². The number of hydrogen-bond donors (Lipinski definition) is 1. The fourth-order valence-electron chi connectivity index (χ4n) is 1.12. The van der Waals surface area contributed by atoms with Crippen LogP contribution in [0.4, 0.5) is 13.2 Å². The molecule has 0 saturated carbocycles. The molecule has 0 amide bonds. The first-order valence-corrected chi connectivity index (χ1v) is 6.07. The molecule has 1 aromatic rings. The van der Waals surface area contributed by atoms with Crippen LogP contribution in [0.5, 0.6) is 0 Å². The Morgan fingerprint density at radius 3 is 2.41 bits per heavy atom. The molecule has 0 saturated heterocycles. The van der Waals surface area contributed by atoms with Crippen molar-refractivity contribution in [2.45, 2.75) is 18.0 Å². The summed E-state index contributed by atoms with van der Waals surface area (Å²) >= 11 is 0. The van der Waals surface area contributed by atoms with E-state index in [1.165, 1.54) is 13.0 Å². The maximum atomic E-state index is 12.6. The molecule has 0 atom stereocenters.